The van der Waals surface area contributed by atoms with E-state index in [-0.39, 0.29) is 0 Å². The molecule has 1 aromatic carbocycles. The van der Waals surface area contributed by atoms with Crippen LogP contribution in [0.25, 0.3) is 6.08 Å². The van der Waals surface area contributed by atoms with Gasteiger partial charge < -0.3 is 4.18 Å². The fraction of sp³-hybridized carbons (Fsp3) is 0. The molecular weight excluding hydrogens is 234 g/mol. The second kappa shape index (κ2) is 3.80. The lowest BCUT2D eigenvalue weighted by Crippen LogP contribution is -2.11. The molecule has 0 aliphatic carbocycles. The van der Waals surface area contributed by atoms with Crippen LogP contribution in [0.3, 0.4) is 0 Å². The highest BCUT2D eigenvalue weighted by molar-refractivity contribution is 8.74. The third-order valence-electron chi connectivity index (χ3n) is 1.81. The largest absolute Gasteiger partial charge is 0.425 e. The molecule has 1 heterocycles. The first kappa shape index (κ1) is 10.4. The molecular formula is C9H9NO3S2. The number of nitrogens with two attached hydrogens (primary N) is 1. The van der Waals surface area contributed by atoms with Crippen molar-refractivity contribution in [3.63, 3.8) is 0 Å². The molecule has 2 rings (SSSR count). The zero-order valence-electron chi connectivity index (χ0n) is 7.66. The molecule has 80 valence electrons. The molecule has 0 aromatic heterocycles. The Labute approximate surface area is 89.3 Å². The van der Waals surface area contributed by atoms with Gasteiger partial charge >= 0.3 is 0 Å². The maximum atomic E-state index is 11.3. The molecule has 0 bridgehead atoms. The van der Waals surface area contributed by atoms with E-state index in [1.54, 1.807) is 24.3 Å². The summed E-state index contributed by atoms with van der Waals surface area (Å²) in [5.41, 5.74) is 0. The van der Waals surface area contributed by atoms with E-state index in [1.807, 2.05) is 12.1 Å². The highest BCUT2D eigenvalue weighted by atomic mass is 33.2. The number of allylic oxidation sites excluding steroid dienone is 1. The molecule has 0 fully saturated rings. The van der Waals surface area contributed by atoms with Crippen LogP contribution in [0.1, 0.15) is 0 Å². The van der Waals surface area contributed by atoms with Gasteiger partial charge in [-0.3, -0.25) is 0 Å². The molecule has 0 spiro atoms. The summed E-state index contributed by atoms with van der Waals surface area (Å²) in [6.07, 6.45) is 4.78. The quantitative estimate of drug-likeness (QED) is 0.581. The van der Waals surface area contributed by atoms with E-state index in [9.17, 15) is 8.42 Å². The van der Waals surface area contributed by atoms with E-state index < -0.39 is 18.9 Å². The molecule has 1 aromatic rings. The van der Waals surface area contributed by atoms with Gasteiger partial charge in [0.2, 0.25) is 0 Å². The SMILES string of the molecule is NS(=O)(=O)S1=c2ccccc2=CC=CO1. The van der Waals surface area contributed by atoms with Crippen molar-refractivity contribution in [1.82, 2.24) is 0 Å². The standard InChI is InChI=1S/C9H9NO3S2/c10-15(11,12)14-9-6-2-1-4-8(9)5-3-7-13-14/h1-7H,(H2,10,11,12). The Bertz CT molecular complexity index is 632. The summed E-state index contributed by atoms with van der Waals surface area (Å²) >= 11 is 0. The van der Waals surface area contributed by atoms with Crippen molar-refractivity contribution in [1.29, 1.82) is 0 Å². The van der Waals surface area contributed by atoms with Crippen LogP contribution in [-0.2, 0) is 13.2 Å². The maximum absolute atomic E-state index is 11.3. The molecule has 0 amide bonds. The van der Waals surface area contributed by atoms with Crippen molar-refractivity contribution in [3.8, 4) is 0 Å². The van der Waals surface area contributed by atoms with Gasteiger partial charge in [-0.2, -0.15) is 8.42 Å². The van der Waals surface area contributed by atoms with Crippen LogP contribution in [0.4, 0.5) is 0 Å². The van der Waals surface area contributed by atoms with Crippen molar-refractivity contribution in [2.75, 3.05) is 0 Å². The summed E-state index contributed by atoms with van der Waals surface area (Å²) in [5.74, 6) is 0. The molecule has 6 heteroatoms. The van der Waals surface area contributed by atoms with Gasteiger partial charge in [-0.1, -0.05) is 24.3 Å². The average molecular weight is 243 g/mol. The molecule has 1 aliphatic rings. The highest BCUT2D eigenvalue weighted by Crippen LogP contribution is 2.24. The maximum Gasteiger partial charge on any atom is 0.290 e. The number of hydrogen-bond acceptors (Lipinski definition) is 3. The Morgan fingerprint density at radius 3 is 2.73 bits per heavy atom. The van der Waals surface area contributed by atoms with Crippen molar-refractivity contribution in [2.45, 2.75) is 0 Å². The van der Waals surface area contributed by atoms with Crippen LogP contribution in [0.15, 0.2) is 36.6 Å². The van der Waals surface area contributed by atoms with E-state index in [4.69, 9.17) is 9.32 Å². The molecule has 1 unspecified atom stereocenters. The van der Waals surface area contributed by atoms with Crippen molar-refractivity contribution in [2.24, 2.45) is 5.14 Å². The molecule has 1 atom stereocenters. The molecule has 2 N–H and O–H groups in total. The monoisotopic (exact) mass is 243 g/mol. The van der Waals surface area contributed by atoms with Crippen LogP contribution in [0.5, 0.6) is 0 Å². The lowest BCUT2D eigenvalue weighted by Gasteiger charge is -2.03. The Hall–Kier alpha value is -1.11. The summed E-state index contributed by atoms with van der Waals surface area (Å²) in [6, 6.07) is 7.11. The van der Waals surface area contributed by atoms with E-state index in [1.165, 1.54) is 6.26 Å². The van der Waals surface area contributed by atoms with Gasteiger partial charge in [0.1, 0.15) is 16.1 Å². The summed E-state index contributed by atoms with van der Waals surface area (Å²) in [7, 11) is -5.15. The fourth-order valence-corrected chi connectivity index (χ4v) is 4.04. The third-order valence-corrected chi connectivity index (χ3v) is 5.29. The smallest absolute Gasteiger partial charge is 0.290 e. The van der Waals surface area contributed by atoms with Crippen molar-refractivity contribution in [3.05, 3.63) is 46.3 Å². The Morgan fingerprint density at radius 1 is 1.27 bits per heavy atom. The number of hydrogen-bond donors (Lipinski definition) is 1. The number of rotatable bonds is 1. The van der Waals surface area contributed by atoms with E-state index in [0.29, 0.717) is 4.51 Å². The predicted octanol–water partition coefficient (Wildman–Crippen LogP) is 0.649. The molecule has 15 heavy (non-hydrogen) atoms. The number of fused-ring (bicyclic) bond motifs is 1. The summed E-state index contributed by atoms with van der Waals surface area (Å²) in [4.78, 5) is 0. The van der Waals surface area contributed by atoms with Gasteiger partial charge in [-0.05, 0) is 17.4 Å². The summed E-state index contributed by atoms with van der Waals surface area (Å²) in [6.45, 7) is 0. The van der Waals surface area contributed by atoms with Gasteiger partial charge in [0.05, 0.1) is 4.51 Å². The van der Waals surface area contributed by atoms with E-state index in [0.717, 1.165) is 5.22 Å². The minimum Gasteiger partial charge on any atom is -0.425 e. The first-order valence-corrected chi connectivity index (χ1v) is 7.34. The van der Waals surface area contributed by atoms with E-state index in [2.05, 4.69) is 0 Å². The Balaban J connectivity index is 2.95. The van der Waals surface area contributed by atoms with Gasteiger partial charge in [0.15, 0.2) is 0 Å². The second-order valence-electron chi connectivity index (χ2n) is 2.86. The van der Waals surface area contributed by atoms with Crippen LogP contribution < -0.4 is 10.4 Å². The van der Waals surface area contributed by atoms with Gasteiger partial charge in [0.25, 0.3) is 9.06 Å². The molecule has 0 saturated carbocycles. The second-order valence-corrected chi connectivity index (χ2v) is 7.25. The molecule has 4 nitrogen and oxygen atoms in total. The van der Waals surface area contributed by atoms with Crippen LogP contribution >= 0.6 is 9.80 Å². The van der Waals surface area contributed by atoms with E-state index >= 15 is 0 Å². The zero-order chi connectivity index (χ0) is 10.9. The van der Waals surface area contributed by atoms with Gasteiger partial charge in [-0.25, -0.2) is 5.14 Å². The topological polar surface area (TPSA) is 69.4 Å². The van der Waals surface area contributed by atoms with Crippen molar-refractivity contribution >= 4 is 24.9 Å². The normalized spacial score (nSPS) is 19.7. The summed E-state index contributed by atoms with van der Waals surface area (Å²) in [5, 5.41) is 5.92. The highest BCUT2D eigenvalue weighted by Gasteiger charge is 2.13. The number of benzene rings is 1. The summed E-state index contributed by atoms with van der Waals surface area (Å²) < 4.78 is 28.3. The minimum absolute atomic E-state index is 0.588. The predicted molar refractivity (Wildman–Crippen MR) is 60.3 cm³/mol. The van der Waals surface area contributed by atoms with Crippen LogP contribution in [0, 0.1) is 4.51 Å². The minimum atomic E-state index is -3.73. The fourth-order valence-electron chi connectivity index (χ4n) is 1.23. The average Bonchev–Trinajstić information content (AvgIpc) is 2.38. The van der Waals surface area contributed by atoms with Crippen LogP contribution in [0.2, 0.25) is 0 Å². The Kier molecular flexibility index (Phi) is 2.64. The first-order chi connectivity index (χ1) is 7.09. The van der Waals surface area contributed by atoms with Crippen LogP contribution in [-0.4, -0.2) is 8.42 Å². The first-order valence-electron chi connectivity index (χ1n) is 4.12. The third kappa shape index (κ3) is 2.11. The molecule has 0 radical (unpaired) electrons. The lowest BCUT2D eigenvalue weighted by atomic mass is 10.3. The molecule has 1 aliphatic heterocycles. The zero-order valence-corrected chi connectivity index (χ0v) is 9.29. The Morgan fingerprint density at radius 2 is 2.00 bits per heavy atom. The van der Waals surface area contributed by atoms with Gasteiger partial charge in [-0.15, -0.1) is 0 Å². The molecule has 0 saturated heterocycles. The lowest BCUT2D eigenvalue weighted by molar-refractivity contribution is 0.562. The van der Waals surface area contributed by atoms with Crippen molar-refractivity contribution < 1.29 is 12.6 Å². The van der Waals surface area contributed by atoms with Gasteiger partial charge in [0, 0.05) is 0 Å².